The second-order valence-electron chi connectivity index (χ2n) is 7.81. The number of aromatic nitrogens is 4. The molecule has 1 saturated heterocycles. The molecule has 0 amide bonds. The lowest BCUT2D eigenvalue weighted by Crippen LogP contribution is -2.43. The van der Waals surface area contributed by atoms with Crippen molar-refractivity contribution >= 4 is 25.7 Å². The molecule has 14 nitrogen and oxygen atoms in total. The van der Waals surface area contributed by atoms with Crippen LogP contribution in [0.1, 0.15) is 19.3 Å². The summed E-state index contributed by atoms with van der Waals surface area (Å²) < 4.78 is 53.7. The minimum Gasteiger partial charge on any atom is -0.395 e. The first kappa shape index (κ1) is 25.4. The molecule has 0 saturated carbocycles. The summed E-state index contributed by atoms with van der Waals surface area (Å²) >= 11 is 0. The van der Waals surface area contributed by atoms with Gasteiger partial charge < -0.3 is 21.5 Å². The van der Waals surface area contributed by atoms with Crippen LogP contribution in [0.2, 0.25) is 0 Å². The molecule has 0 unspecified atom stereocenters. The number of nitrogens with one attached hydrogen (secondary N) is 2. The van der Waals surface area contributed by atoms with Gasteiger partial charge in [-0.05, 0) is 49.1 Å². The zero-order valence-electron chi connectivity index (χ0n) is 17.9. The Morgan fingerprint density at radius 1 is 1.21 bits per heavy atom. The Morgan fingerprint density at radius 2 is 1.91 bits per heavy atom. The number of benzene rings is 1. The molecule has 0 radical (unpaired) electrons. The van der Waals surface area contributed by atoms with Crippen LogP contribution in [-0.2, 0) is 20.0 Å². The lowest BCUT2D eigenvalue weighted by molar-refractivity contribution is 0.259. The topological polar surface area (TPSA) is 236 Å². The molecule has 1 aromatic carbocycles. The first-order valence-corrected chi connectivity index (χ1v) is 13.4. The molecule has 9 N–H and O–H groups in total. The van der Waals surface area contributed by atoms with Crippen LogP contribution in [0.25, 0.3) is 11.4 Å². The lowest BCUT2D eigenvalue weighted by Gasteiger charge is -2.35. The SMILES string of the molecule is NCCC1CCN(c2ccc(S(=O)(=O)N[C@@H](CN)CO)c(S(N)(=O)=O)c2-c2nn[nH]n2)CC1. The number of primary sulfonamides is 1. The molecule has 184 valence electrons. The van der Waals surface area contributed by atoms with E-state index in [1.165, 1.54) is 6.07 Å². The fraction of sp³-hybridized carbons (Fsp3) is 0.588. The van der Waals surface area contributed by atoms with Gasteiger partial charge in [0.15, 0.2) is 0 Å². The van der Waals surface area contributed by atoms with Crippen molar-refractivity contribution in [1.29, 1.82) is 0 Å². The minimum absolute atomic E-state index is 0.0697. The molecule has 2 heterocycles. The normalized spacial score (nSPS) is 16.8. The van der Waals surface area contributed by atoms with Gasteiger partial charge in [-0.2, -0.15) is 5.21 Å². The molecular formula is C17H29N9O5S2. The van der Waals surface area contributed by atoms with Crippen LogP contribution in [0, 0.1) is 5.92 Å². The van der Waals surface area contributed by atoms with Gasteiger partial charge in [-0.1, -0.05) is 0 Å². The van der Waals surface area contributed by atoms with E-state index in [-0.39, 0.29) is 17.9 Å². The summed E-state index contributed by atoms with van der Waals surface area (Å²) in [5.74, 6) is 0.334. The van der Waals surface area contributed by atoms with Gasteiger partial charge >= 0.3 is 0 Å². The Balaban J connectivity index is 2.18. The Kier molecular flexibility index (Phi) is 7.99. The summed E-state index contributed by atoms with van der Waals surface area (Å²) in [5.41, 5.74) is 11.5. The Bertz CT molecular complexity index is 1140. The van der Waals surface area contributed by atoms with Crippen LogP contribution < -0.4 is 26.2 Å². The van der Waals surface area contributed by atoms with Gasteiger partial charge in [0, 0.05) is 25.3 Å². The quantitative estimate of drug-likeness (QED) is 0.201. The molecule has 0 spiro atoms. The van der Waals surface area contributed by atoms with Crippen molar-refractivity contribution in [3.8, 4) is 11.4 Å². The van der Waals surface area contributed by atoms with Gasteiger partial charge in [-0.3, -0.25) is 0 Å². The van der Waals surface area contributed by atoms with Gasteiger partial charge in [0.05, 0.1) is 18.2 Å². The Morgan fingerprint density at radius 3 is 2.42 bits per heavy atom. The van der Waals surface area contributed by atoms with E-state index in [1.54, 1.807) is 0 Å². The van der Waals surface area contributed by atoms with Gasteiger partial charge in [0.1, 0.15) is 9.79 Å². The van der Waals surface area contributed by atoms with Crippen LogP contribution in [-0.4, -0.2) is 81.4 Å². The Hall–Kier alpha value is -2.21. The maximum atomic E-state index is 13.1. The number of sulfonamides is 2. The van der Waals surface area contributed by atoms with Crippen molar-refractivity contribution in [2.24, 2.45) is 22.5 Å². The van der Waals surface area contributed by atoms with Gasteiger partial charge in [0.25, 0.3) is 0 Å². The number of aliphatic hydroxyl groups excluding tert-OH is 1. The summed E-state index contributed by atoms with van der Waals surface area (Å²) in [6.07, 6.45) is 2.57. The maximum Gasteiger partial charge on any atom is 0.242 e. The van der Waals surface area contributed by atoms with Crippen molar-refractivity contribution < 1.29 is 21.9 Å². The van der Waals surface area contributed by atoms with Crippen molar-refractivity contribution in [3.63, 3.8) is 0 Å². The van der Waals surface area contributed by atoms with Crippen LogP contribution in [0.4, 0.5) is 5.69 Å². The standard InChI is InChI=1S/C17H29N9O5S2/c18-6-3-11-4-7-26(8-5-11)13-1-2-14(33(30,31)23-12(9-19)10-27)16(32(20,28)29)15(13)17-21-24-25-22-17/h1-2,11-12,23,27H,3-10,18-19H2,(H2,20,28,29)(H,21,22,24,25)/t12-/m0/s1. The van der Waals surface area contributed by atoms with Crippen LogP contribution >= 0.6 is 0 Å². The summed E-state index contributed by atoms with van der Waals surface area (Å²) in [4.78, 5) is 0.679. The van der Waals surface area contributed by atoms with Gasteiger partial charge in [-0.25, -0.2) is 26.7 Å². The number of hydrogen-bond acceptors (Lipinski definition) is 11. The van der Waals surface area contributed by atoms with E-state index in [0.29, 0.717) is 31.2 Å². The molecule has 1 fully saturated rings. The van der Waals surface area contributed by atoms with Crippen molar-refractivity contribution in [3.05, 3.63) is 12.1 Å². The number of H-pyrrole nitrogens is 1. The molecule has 1 aromatic heterocycles. The van der Waals surface area contributed by atoms with Crippen LogP contribution in [0.15, 0.2) is 21.9 Å². The predicted octanol–water partition coefficient (Wildman–Crippen LogP) is -2.32. The average molecular weight is 504 g/mol. The number of aromatic amines is 1. The highest BCUT2D eigenvalue weighted by molar-refractivity contribution is 7.92. The molecule has 16 heteroatoms. The zero-order chi connectivity index (χ0) is 24.2. The molecule has 1 atom stereocenters. The molecule has 0 aliphatic carbocycles. The number of piperidine rings is 1. The number of aliphatic hydroxyl groups is 1. The van der Waals surface area contributed by atoms with Crippen molar-refractivity contribution in [1.82, 2.24) is 25.3 Å². The highest BCUT2D eigenvalue weighted by atomic mass is 32.2. The van der Waals surface area contributed by atoms with Crippen molar-refractivity contribution in [2.45, 2.75) is 35.1 Å². The average Bonchev–Trinajstić information content (AvgIpc) is 3.31. The third-order valence-electron chi connectivity index (χ3n) is 5.60. The van der Waals surface area contributed by atoms with E-state index in [0.717, 1.165) is 25.3 Å². The third-order valence-corrected chi connectivity index (χ3v) is 8.28. The number of nitrogens with zero attached hydrogens (tertiary/aromatic N) is 4. The number of anilines is 1. The van der Waals surface area contributed by atoms with Crippen LogP contribution in [0.5, 0.6) is 0 Å². The fourth-order valence-electron chi connectivity index (χ4n) is 3.94. The highest BCUT2D eigenvalue weighted by Crippen LogP contribution is 2.39. The van der Waals surface area contributed by atoms with Crippen molar-refractivity contribution in [2.75, 3.05) is 37.7 Å². The first-order valence-electron chi connectivity index (χ1n) is 10.3. The first-order chi connectivity index (χ1) is 15.6. The van der Waals surface area contributed by atoms with E-state index in [2.05, 4.69) is 25.3 Å². The smallest absolute Gasteiger partial charge is 0.242 e. The molecule has 33 heavy (non-hydrogen) atoms. The second-order valence-corrected chi connectivity index (χ2v) is 11.0. The molecule has 2 aromatic rings. The molecule has 1 aliphatic heterocycles. The zero-order valence-corrected chi connectivity index (χ0v) is 19.5. The molecular weight excluding hydrogens is 474 g/mol. The minimum atomic E-state index is -4.58. The van der Waals surface area contributed by atoms with E-state index >= 15 is 0 Å². The van der Waals surface area contributed by atoms with E-state index < -0.39 is 42.5 Å². The molecule has 1 aliphatic rings. The summed E-state index contributed by atoms with van der Waals surface area (Å²) in [6.45, 7) is 1.01. The molecule has 0 bridgehead atoms. The summed E-state index contributed by atoms with van der Waals surface area (Å²) in [7, 11) is -9.02. The second kappa shape index (κ2) is 10.4. The fourth-order valence-corrected chi connectivity index (χ4v) is 6.77. The summed E-state index contributed by atoms with van der Waals surface area (Å²) in [6, 6.07) is 1.64. The maximum absolute atomic E-state index is 13.1. The van der Waals surface area contributed by atoms with E-state index in [9.17, 15) is 21.9 Å². The highest BCUT2D eigenvalue weighted by Gasteiger charge is 2.34. The number of hydrogen-bond donors (Lipinski definition) is 6. The predicted molar refractivity (Wildman–Crippen MR) is 120 cm³/mol. The lowest BCUT2D eigenvalue weighted by atomic mass is 9.93. The largest absolute Gasteiger partial charge is 0.395 e. The Labute approximate surface area is 192 Å². The van der Waals surface area contributed by atoms with Crippen LogP contribution in [0.3, 0.4) is 0 Å². The van der Waals surface area contributed by atoms with Gasteiger partial charge in [0.2, 0.25) is 25.9 Å². The number of rotatable bonds is 10. The molecule has 3 rings (SSSR count). The third kappa shape index (κ3) is 5.65. The van der Waals surface area contributed by atoms with E-state index in [4.69, 9.17) is 16.6 Å². The number of tetrazole rings is 1. The monoisotopic (exact) mass is 503 g/mol. The van der Waals surface area contributed by atoms with Gasteiger partial charge in [-0.15, -0.1) is 10.2 Å². The summed E-state index contributed by atoms with van der Waals surface area (Å²) in [5, 5.41) is 28.4. The number of nitrogens with two attached hydrogens (primary N) is 3. The van der Waals surface area contributed by atoms with E-state index in [1.807, 2.05) is 4.90 Å².